The Balaban J connectivity index is 0.00000202. The molecule has 4 N–H and O–H groups in total. The number of nitrogens with two attached hydrogens (primary N) is 1. The van der Waals surface area contributed by atoms with Crippen LogP contribution >= 0.6 is 24.8 Å². The van der Waals surface area contributed by atoms with Crippen LogP contribution in [0.25, 0.3) is 11.2 Å². The number of nitrogens with one attached hydrogen (secondary N) is 2. The minimum Gasteiger partial charge on any atom is -0.497 e. The molecule has 0 atom stereocenters. The number of fused-ring (bicyclic) bond motifs is 1. The van der Waals surface area contributed by atoms with Crippen molar-refractivity contribution < 1.29 is 9.53 Å². The molecule has 42 heavy (non-hydrogen) atoms. The van der Waals surface area contributed by atoms with E-state index < -0.39 is 0 Å². The third-order valence-corrected chi connectivity index (χ3v) is 8.92. The zero-order valence-electron chi connectivity index (χ0n) is 24.3. The topological polar surface area (TPSA) is 123 Å². The second kappa shape index (κ2) is 14.6. The Morgan fingerprint density at radius 1 is 0.976 bits per heavy atom. The minimum atomic E-state index is 0. The van der Waals surface area contributed by atoms with Gasteiger partial charge in [-0.15, -0.1) is 24.8 Å². The van der Waals surface area contributed by atoms with Crippen LogP contribution in [-0.4, -0.2) is 68.7 Å². The summed E-state index contributed by atoms with van der Waals surface area (Å²) >= 11 is 0. The number of piperidine rings is 1. The van der Waals surface area contributed by atoms with Crippen LogP contribution in [0.3, 0.4) is 0 Å². The summed E-state index contributed by atoms with van der Waals surface area (Å²) in [5, 5.41) is 7.31. The second-order valence-electron chi connectivity index (χ2n) is 11.7. The Labute approximate surface area is 260 Å². The van der Waals surface area contributed by atoms with E-state index in [-0.39, 0.29) is 36.8 Å². The van der Waals surface area contributed by atoms with Gasteiger partial charge in [-0.2, -0.15) is 9.97 Å². The minimum absolute atomic E-state index is 0. The number of likely N-dealkylation sites (tertiary alicyclic amines) is 1. The zero-order chi connectivity index (χ0) is 27.5. The molecule has 0 bridgehead atoms. The third kappa shape index (κ3) is 7.38. The highest BCUT2D eigenvalue weighted by atomic mass is 35.5. The van der Waals surface area contributed by atoms with Crippen LogP contribution in [0.5, 0.6) is 5.75 Å². The molecule has 2 saturated carbocycles. The summed E-state index contributed by atoms with van der Waals surface area (Å²) in [6.07, 6.45) is 13.0. The number of rotatable bonds is 8. The molecule has 0 unspecified atom stereocenters. The van der Waals surface area contributed by atoms with E-state index in [9.17, 15) is 4.79 Å². The van der Waals surface area contributed by atoms with Crippen LogP contribution in [0, 0.1) is 0 Å². The molecule has 12 heteroatoms. The maximum absolute atomic E-state index is 13.0. The number of hydrogen-bond donors (Lipinski definition) is 3. The van der Waals surface area contributed by atoms with Gasteiger partial charge in [0.05, 0.1) is 19.9 Å². The van der Waals surface area contributed by atoms with E-state index in [1.807, 2.05) is 35.5 Å². The predicted molar refractivity (Wildman–Crippen MR) is 171 cm³/mol. The van der Waals surface area contributed by atoms with Gasteiger partial charge in [0.1, 0.15) is 5.75 Å². The molecule has 6 rings (SSSR count). The highest BCUT2D eigenvalue weighted by Gasteiger charge is 2.27. The Bertz CT molecular complexity index is 1320. The number of hydrogen-bond acceptors (Lipinski definition) is 8. The van der Waals surface area contributed by atoms with Crippen LogP contribution < -0.4 is 21.1 Å². The lowest BCUT2D eigenvalue weighted by molar-refractivity contribution is -0.131. The number of ether oxygens (including phenoxy) is 1. The number of carbonyl (C=O) groups is 1. The largest absolute Gasteiger partial charge is 0.497 e. The first-order valence-electron chi connectivity index (χ1n) is 15.0. The van der Waals surface area contributed by atoms with Gasteiger partial charge in [-0.3, -0.25) is 4.79 Å². The first-order valence-corrected chi connectivity index (χ1v) is 15.0. The SMILES string of the molecule is COc1cccc(CC(=O)N2CCC(Nc3nc(NC4CCC(N)CC4)nc4c3ncn4C3CCCC3)CC2)c1.Cl.Cl. The van der Waals surface area contributed by atoms with Gasteiger partial charge in [0.15, 0.2) is 17.0 Å². The van der Waals surface area contributed by atoms with Crippen molar-refractivity contribution in [2.24, 2.45) is 5.73 Å². The molecule has 3 fully saturated rings. The molecular weight excluding hydrogens is 575 g/mol. The summed E-state index contributed by atoms with van der Waals surface area (Å²) in [4.78, 5) is 29.7. The number of nitrogens with zero attached hydrogens (tertiary/aromatic N) is 5. The zero-order valence-corrected chi connectivity index (χ0v) is 26.0. The van der Waals surface area contributed by atoms with Crippen molar-refractivity contribution in [1.29, 1.82) is 0 Å². The molecule has 230 valence electrons. The molecular formula is C30H44Cl2N8O2. The molecule has 1 saturated heterocycles. The van der Waals surface area contributed by atoms with E-state index in [4.69, 9.17) is 25.4 Å². The monoisotopic (exact) mass is 618 g/mol. The Morgan fingerprint density at radius 3 is 2.40 bits per heavy atom. The second-order valence-corrected chi connectivity index (χ2v) is 11.7. The molecule has 0 spiro atoms. The molecule has 3 aliphatic rings. The number of anilines is 2. The molecule has 2 aromatic heterocycles. The van der Waals surface area contributed by atoms with E-state index >= 15 is 0 Å². The highest BCUT2D eigenvalue weighted by Crippen LogP contribution is 2.34. The van der Waals surface area contributed by atoms with Crippen molar-refractivity contribution >= 4 is 53.7 Å². The Morgan fingerprint density at radius 2 is 1.69 bits per heavy atom. The van der Waals surface area contributed by atoms with Gasteiger partial charge in [0, 0.05) is 37.3 Å². The Hall–Kier alpha value is -2.82. The Kier molecular flexibility index (Phi) is 11.1. The normalized spacial score (nSPS) is 21.4. The van der Waals surface area contributed by atoms with Gasteiger partial charge in [-0.25, -0.2) is 4.98 Å². The number of methoxy groups -OCH3 is 1. The lowest BCUT2D eigenvalue weighted by atomic mass is 9.92. The van der Waals surface area contributed by atoms with E-state index in [1.54, 1.807) is 7.11 Å². The highest BCUT2D eigenvalue weighted by molar-refractivity contribution is 5.86. The maximum atomic E-state index is 13.0. The van der Waals surface area contributed by atoms with E-state index in [2.05, 4.69) is 15.2 Å². The van der Waals surface area contributed by atoms with E-state index in [0.717, 1.165) is 79.9 Å². The van der Waals surface area contributed by atoms with E-state index in [1.165, 1.54) is 25.7 Å². The summed E-state index contributed by atoms with van der Waals surface area (Å²) in [5.41, 5.74) is 8.86. The van der Waals surface area contributed by atoms with Crippen LogP contribution in [0.4, 0.5) is 11.8 Å². The maximum Gasteiger partial charge on any atom is 0.227 e. The lowest BCUT2D eigenvalue weighted by Gasteiger charge is -2.33. The van der Waals surface area contributed by atoms with Gasteiger partial charge in [-0.1, -0.05) is 25.0 Å². The molecule has 1 aromatic carbocycles. The number of amides is 1. The fourth-order valence-corrected chi connectivity index (χ4v) is 6.51. The van der Waals surface area contributed by atoms with Crippen molar-refractivity contribution in [3.05, 3.63) is 36.2 Å². The average molecular weight is 620 g/mol. The smallest absolute Gasteiger partial charge is 0.227 e. The lowest BCUT2D eigenvalue weighted by Crippen LogP contribution is -2.43. The number of aromatic nitrogens is 4. The van der Waals surface area contributed by atoms with Crippen molar-refractivity contribution in [3.63, 3.8) is 0 Å². The number of halogens is 2. The molecule has 0 radical (unpaired) electrons. The first kappa shape index (κ1) is 32.1. The van der Waals surface area contributed by atoms with Gasteiger partial charge in [0.25, 0.3) is 0 Å². The van der Waals surface area contributed by atoms with Gasteiger partial charge < -0.3 is 30.6 Å². The quantitative estimate of drug-likeness (QED) is 0.318. The van der Waals surface area contributed by atoms with Crippen molar-refractivity contribution in [1.82, 2.24) is 24.4 Å². The number of imidazole rings is 1. The number of benzene rings is 1. The molecule has 3 heterocycles. The third-order valence-electron chi connectivity index (χ3n) is 8.92. The van der Waals surface area contributed by atoms with Gasteiger partial charge >= 0.3 is 0 Å². The molecule has 1 aliphatic heterocycles. The van der Waals surface area contributed by atoms with Gasteiger partial charge in [0.2, 0.25) is 11.9 Å². The summed E-state index contributed by atoms with van der Waals surface area (Å²) in [5.74, 6) is 2.39. The summed E-state index contributed by atoms with van der Waals surface area (Å²) < 4.78 is 7.57. The summed E-state index contributed by atoms with van der Waals surface area (Å²) in [7, 11) is 1.65. The van der Waals surface area contributed by atoms with Crippen LogP contribution in [0.2, 0.25) is 0 Å². The van der Waals surface area contributed by atoms with Crippen LogP contribution in [-0.2, 0) is 11.2 Å². The van der Waals surface area contributed by atoms with Crippen molar-refractivity contribution in [2.75, 3.05) is 30.8 Å². The predicted octanol–water partition coefficient (Wildman–Crippen LogP) is 5.12. The average Bonchev–Trinajstić information content (AvgIpc) is 3.65. The summed E-state index contributed by atoms with van der Waals surface area (Å²) in [6.45, 7) is 1.44. The molecule has 2 aliphatic carbocycles. The van der Waals surface area contributed by atoms with Crippen molar-refractivity contribution in [2.45, 2.75) is 94.8 Å². The van der Waals surface area contributed by atoms with Crippen LogP contribution in [0.1, 0.15) is 75.8 Å². The fourth-order valence-electron chi connectivity index (χ4n) is 6.51. The standard InChI is InChI=1S/C30H42N8O2.2ClH/c1-40-25-8-4-5-20(17-25)18-26(39)37-15-13-23(14-16-37)33-28-27-29(38(19-32-27)24-6-2-3-7-24)36-30(35-28)34-22-11-9-21(31)10-12-22;;/h4-5,8,17,19,21-24H,2-3,6-7,9-16,18,31H2,1H3,(H2,33,34,35,36);2*1H. The number of carbonyl (C=O) groups excluding carboxylic acids is 1. The van der Waals surface area contributed by atoms with E-state index in [0.29, 0.717) is 30.5 Å². The molecule has 10 nitrogen and oxygen atoms in total. The first-order chi connectivity index (χ1) is 19.6. The molecule has 1 amide bonds. The van der Waals surface area contributed by atoms with Crippen molar-refractivity contribution in [3.8, 4) is 5.75 Å². The fraction of sp³-hybridized carbons (Fsp3) is 0.600. The van der Waals surface area contributed by atoms with Gasteiger partial charge in [-0.05, 0) is 69.1 Å². The summed E-state index contributed by atoms with van der Waals surface area (Å²) in [6, 6.07) is 9.06. The van der Waals surface area contributed by atoms with Crippen LogP contribution in [0.15, 0.2) is 30.6 Å². The molecule has 3 aromatic rings.